The fourth-order valence-corrected chi connectivity index (χ4v) is 2.51. The Balaban J connectivity index is 2.66. The summed E-state index contributed by atoms with van der Waals surface area (Å²) in [5, 5.41) is 0. The van der Waals surface area contributed by atoms with Crippen LogP contribution in [0, 0.1) is 0 Å². The number of aliphatic imine (C=N–C) groups is 1. The molecule has 78 valence electrons. The monoisotopic (exact) mass is 224 g/mol. The maximum atomic E-state index is 11.5. The van der Waals surface area contributed by atoms with Gasteiger partial charge in [0, 0.05) is 11.8 Å². The van der Waals surface area contributed by atoms with Crippen LogP contribution < -0.4 is 5.73 Å². The number of nitrogens with two attached hydrogens (primary N) is 1. The van der Waals surface area contributed by atoms with Gasteiger partial charge >= 0.3 is 0 Å². The number of benzene rings is 1. The fourth-order valence-electron chi connectivity index (χ4n) is 1.36. The quantitative estimate of drug-likeness (QED) is 0.742. The largest absolute Gasteiger partial charge is 0.366 e. The van der Waals surface area contributed by atoms with Gasteiger partial charge in [0.1, 0.15) is 0 Å². The van der Waals surface area contributed by atoms with Gasteiger partial charge < -0.3 is 5.73 Å². The lowest BCUT2D eigenvalue weighted by atomic mass is 10.2. The number of nitrogens with zero attached hydrogens (tertiary/aromatic N) is 1. The molecule has 0 fully saturated rings. The number of hydrogen-bond acceptors (Lipinski definition) is 4. The molecule has 0 atom stereocenters. The van der Waals surface area contributed by atoms with Crippen molar-refractivity contribution < 1.29 is 13.2 Å². The number of primary amides is 1. The molecule has 0 saturated carbocycles. The van der Waals surface area contributed by atoms with Crippen LogP contribution in [0.25, 0.3) is 0 Å². The van der Waals surface area contributed by atoms with Gasteiger partial charge in [-0.2, -0.15) is 0 Å². The zero-order valence-corrected chi connectivity index (χ0v) is 8.49. The van der Waals surface area contributed by atoms with Gasteiger partial charge in [0.25, 0.3) is 0 Å². The van der Waals surface area contributed by atoms with E-state index < -0.39 is 15.7 Å². The van der Waals surface area contributed by atoms with Crippen LogP contribution in [0.1, 0.15) is 10.4 Å². The Hall–Kier alpha value is -1.69. The van der Waals surface area contributed by atoms with Crippen molar-refractivity contribution in [1.82, 2.24) is 0 Å². The summed E-state index contributed by atoms with van der Waals surface area (Å²) in [6.45, 7) is 0. The maximum Gasteiger partial charge on any atom is 0.248 e. The normalized spacial score (nSPS) is 17.1. The molecule has 15 heavy (non-hydrogen) atoms. The maximum absolute atomic E-state index is 11.5. The lowest BCUT2D eigenvalue weighted by Gasteiger charge is -2.10. The SMILES string of the molecule is NC(=O)c1ccc2c(c1)N=CCS2(=O)=O. The number of sulfone groups is 1. The van der Waals surface area contributed by atoms with Crippen LogP contribution >= 0.6 is 0 Å². The summed E-state index contributed by atoms with van der Waals surface area (Å²) in [6.07, 6.45) is 1.31. The molecule has 0 spiro atoms. The number of rotatable bonds is 1. The van der Waals surface area contributed by atoms with Crippen molar-refractivity contribution >= 4 is 27.6 Å². The first-order valence-corrected chi connectivity index (χ1v) is 5.85. The van der Waals surface area contributed by atoms with E-state index in [-0.39, 0.29) is 21.9 Å². The smallest absolute Gasteiger partial charge is 0.248 e. The van der Waals surface area contributed by atoms with Crippen LogP contribution in [0.2, 0.25) is 0 Å². The van der Waals surface area contributed by atoms with Gasteiger partial charge in [-0.25, -0.2) is 8.42 Å². The van der Waals surface area contributed by atoms with E-state index in [0.29, 0.717) is 0 Å². The van der Waals surface area contributed by atoms with Crippen molar-refractivity contribution in [2.45, 2.75) is 4.90 Å². The molecular formula is C9H8N2O3S. The van der Waals surface area contributed by atoms with Crippen molar-refractivity contribution in [2.24, 2.45) is 10.7 Å². The summed E-state index contributed by atoms with van der Waals surface area (Å²) in [4.78, 5) is 14.9. The first-order chi connectivity index (χ1) is 7.00. The molecule has 0 aromatic heterocycles. The second-order valence-corrected chi connectivity index (χ2v) is 5.14. The molecule has 0 unspecified atom stereocenters. The minimum atomic E-state index is -3.29. The molecule has 1 amide bonds. The van der Waals surface area contributed by atoms with Gasteiger partial charge in [-0.1, -0.05) is 0 Å². The number of fused-ring (bicyclic) bond motifs is 1. The average Bonchev–Trinajstić information content (AvgIpc) is 2.16. The summed E-state index contributed by atoms with van der Waals surface area (Å²) >= 11 is 0. The standard InChI is InChI=1S/C9H8N2O3S/c10-9(12)6-1-2-8-7(5-6)11-3-4-15(8,13)14/h1-3,5H,4H2,(H2,10,12). The molecule has 1 aliphatic heterocycles. The highest BCUT2D eigenvalue weighted by atomic mass is 32.2. The van der Waals surface area contributed by atoms with Crippen molar-refractivity contribution in [3.63, 3.8) is 0 Å². The molecule has 0 radical (unpaired) electrons. The number of carbonyl (C=O) groups excluding carboxylic acids is 1. The number of carbonyl (C=O) groups is 1. The Kier molecular flexibility index (Phi) is 2.08. The Morgan fingerprint density at radius 3 is 2.80 bits per heavy atom. The van der Waals surface area contributed by atoms with Crippen molar-refractivity contribution in [3.05, 3.63) is 23.8 Å². The second-order valence-electron chi connectivity index (χ2n) is 3.14. The highest BCUT2D eigenvalue weighted by molar-refractivity contribution is 7.92. The van der Waals surface area contributed by atoms with Crippen molar-refractivity contribution in [3.8, 4) is 0 Å². The third kappa shape index (κ3) is 1.63. The highest BCUT2D eigenvalue weighted by Crippen LogP contribution is 2.28. The molecule has 1 aliphatic rings. The van der Waals surface area contributed by atoms with E-state index in [1.165, 1.54) is 24.4 Å². The number of hydrogen-bond donors (Lipinski definition) is 1. The zero-order valence-electron chi connectivity index (χ0n) is 7.67. The highest BCUT2D eigenvalue weighted by Gasteiger charge is 2.21. The fraction of sp³-hybridized carbons (Fsp3) is 0.111. The van der Waals surface area contributed by atoms with Gasteiger partial charge in [0.2, 0.25) is 5.91 Å². The van der Waals surface area contributed by atoms with Crippen LogP contribution in [0.3, 0.4) is 0 Å². The third-order valence-corrected chi connectivity index (χ3v) is 3.71. The van der Waals surface area contributed by atoms with Crippen LogP contribution in [-0.4, -0.2) is 26.3 Å². The lowest BCUT2D eigenvalue weighted by Crippen LogP contribution is -2.14. The molecule has 0 saturated heterocycles. The van der Waals surface area contributed by atoms with Crippen LogP contribution in [0.5, 0.6) is 0 Å². The average molecular weight is 224 g/mol. The van der Waals surface area contributed by atoms with Gasteiger partial charge in [-0.3, -0.25) is 9.79 Å². The minimum absolute atomic E-state index is 0.101. The molecule has 2 rings (SSSR count). The van der Waals surface area contributed by atoms with Crippen LogP contribution in [-0.2, 0) is 9.84 Å². The molecule has 0 bridgehead atoms. The second kappa shape index (κ2) is 3.16. The van der Waals surface area contributed by atoms with E-state index in [1.54, 1.807) is 0 Å². The molecule has 6 heteroatoms. The Morgan fingerprint density at radius 1 is 1.40 bits per heavy atom. The summed E-state index contributed by atoms with van der Waals surface area (Å²) < 4.78 is 23.1. The van der Waals surface area contributed by atoms with Gasteiger partial charge in [0.15, 0.2) is 9.84 Å². The minimum Gasteiger partial charge on any atom is -0.366 e. The molecule has 5 nitrogen and oxygen atoms in total. The summed E-state index contributed by atoms with van der Waals surface area (Å²) in [5.74, 6) is -0.702. The van der Waals surface area contributed by atoms with Crippen molar-refractivity contribution in [2.75, 3.05) is 5.75 Å². The predicted molar refractivity (Wildman–Crippen MR) is 55.2 cm³/mol. The topological polar surface area (TPSA) is 89.6 Å². The van der Waals surface area contributed by atoms with E-state index in [1.807, 2.05) is 0 Å². The summed E-state index contributed by atoms with van der Waals surface area (Å²) in [7, 11) is -3.29. The summed E-state index contributed by atoms with van der Waals surface area (Å²) in [5.41, 5.74) is 5.60. The molecule has 1 aromatic carbocycles. The van der Waals surface area contributed by atoms with Gasteiger partial charge in [0.05, 0.1) is 16.3 Å². The van der Waals surface area contributed by atoms with Crippen LogP contribution in [0.4, 0.5) is 5.69 Å². The predicted octanol–water partition coefficient (Wildman–Crippen LogP) is 0.275. The van der Waals surface area contributed by atoms with Crippen molar-refractivity contribution in [1.29, 1.82) is 0 Å². The molecule has 1 heterocycles. The lowest BCUT2D eigenvalue weighted by molar-refractivity contribution is 0.1000. The first kappa shape index (κ1) is 9.85. The third-order valence-electron chi connectivity index (χ3n) is 2.10. The van der Waals surface area contributed by atoms with E-state index in [9.17, 15) is 13.2 Å². The Bertz CT molecular complexity index is 561. The van der Waals surface area contributed by atoms with E-state index in [4.69, 9.17) is 5.73 Å². The Morgan fingerprint density at radius 2 is 2.13 bits per heavy atom. The zero-order chi connectivity index (χ0) is 11.1. The van der Waals surface area contributed by atoms with Gasteiger partial charge in [-0.05, 0) is 18.2 Å². The molecule has 2 N–H and O–H groups in total. The van der Waals surface area contributed by atoms with Gasteiger partial charge in [-0.15, -0.1) is 0 Å². The Labute approximate surface area is 86.5 Å². The number of amides is 1. The van der Waals surface area contributed by atoms with E-state index in [0.717, 1.165) is 0 Å². The molecular weight excluding hydrogens is 216 g/mol. The van der Waals surface area contributed by atoms with E-state index in [2.05, 4.69) is 4.99 Å². The first-order valence-electron chi connectivity index (χ1n) is 4.20. The molecule has 0 aliphatic carbocycles. The van der Waals surface area contributed by atoms with Crippen LogP contribution in [0.15, 0.2) is 28.1 Å². The van der Waals surface area contributed by atoms with E-state index >= 15 is 0 Å². The molecule has 1 aromatic rings. The summed E-state index contributed by atoms with van der Waals surface area (Å²) in [6, 6.07) is 4.13.